The van der Waals surface area contributed by atoms with E-state index in [0.717, 1.165) is 5.56 Å². The predicted molar refractivity (Wildman–Crippen MR) is 71.7 cm³/mol. The highest BCUT2D eigenvalue weighted by atomic mass is 16.6. The lowest BCUT2D eigenvalue weighted by Gasteiger charge is -2.19. The number of rotatable bonds is 4. The molecular weight excluding hydrogens is 230 g/mol. The Morgan fingerprint density at radius 1 is 1.33 bits per heavy atom. The number of nitro benzene ring substituents is 1. The molecule has 0 atom stereocenters. The molecular formula is C14H21NO3. The summed E-state index contributed by atoms with van der Waals surface area (Å²) in [6.45, 7) is 10.2. The Morgan fingerprint density at radius 2 is 1.94 bits per heavy atom. The largest absolute Gasteiger partial charge is 0.374 e. The molecule has 100 valence electrons. The van der Waals surface area contributed by atoms with Gasteiger partial charge in [0.05, 0.1) is 23.2 Å². The maximum atomic E-state index is 11.1. The molecule has 0 amide bonds. The molecule has 1 rings (SSSR count). The topological polar surface area (TPSA) is 52.4 Å². The summed E-state index contributed by atoms with van der Waals surface area (Å²) in [5.41, 5.74) is 1.63. The number of nitrogens with zero attached hydrogens (tertiary/aromatic N) is 1. The monoisotopic (exact) mass is 251 g/mol. The molecule has 0 heterocycles. The molecule has 0 unspecified atom stereocenters. The van der Waals surface area contributed by atoms with Crippen LogP contribution < -0.4 is 0 Å². The van der Waals surface area contributed by atoms with Crippen LogP contribution in [0, 0.1) is 10.1 Å². The maximum Gasteiger partial charge on any atom is 0.275 e. The molecule has 0 aromatic heterocycles. The molecule has 4 nitrogen and oxygen atoms in total. The van der Waals surface area contributed by atoms with Gasteiger partial charge < -0.3 is 4.74 Å². The van der Waals surface area contributed by atoms with Gasteiger partial charge in [-0.05, 0) is 30.9 Å². The third-order valence-electron chi connectivity index (χ3n) is 2.72. The van der Waals surface area contributed by atoms with Gasteiger partial charge in [0, 0.05) is 6.07 Å². The highest BCUT2D eigenvalue weighted by molar-refractivity contribution is 5.45. The summed E-state index contributed by atoms with van der Waals surface area (Å²) in [5.74, 6) is 0. The maximum absolute atomic E-state index is 11.1. The molecule has 1 aromatic carbocycles. The number of benzene rings is 1. The van der Waals surface area contributed by atoms with Crippen LogP contribution >= 0.6 is 0 Å². The van der Waals surface area contributed by atoms with Crippen LogP contribution in [0.15, 0.2) is 18.2 Å². The molecule has 0 radical (unpaired) electrons. The van der Waals surface area contributed by atoms with Gasteiger partial charge in [-0.25, -0.2) is 0 Å². The average Bonchev–Trinajstić information content (AvgIpc) is 2.24. The summed E-state index contributed by atoms with van der Waals surface area (Å²) < 4.78 is 5.44. The van der Waals surface area contributed by atoms with Gasteiger partial charge in [0.1, 0.15) is 0 Å². The fourth-order valence-corrected chi connectivity index (χ4v) is 1.58. The van der Waals surface area contributed by atoms with Crippen molar-refractivity contribution in [1.29, 1.82) is 0 Å². The van der Waals surface area contributed by atoms with Crippen LogP contribution in [0.25, 0.3) is 0 Å². The predicted octanol–water partition coefficient (Wildman–Crippen LogP) is 3.82. The Kier molecular flexibility index (Phi) is 4.46. The molecule has 0 saturated carbocycles. The van der Waals surface area contributed by atoms with Crippen LogP contribution in [-0.2, 0) is 16.8 Å². The number of hydrogen-bond donors (Lipinski definition) is 0. The van der Waals surface area contributed by atoms with E-state index in [4.69, 9.17) is 4.74 Å². The Balaban J connectivity index is 3.09. The zero-order valence-corrected chi connectivity index (χ0v) is 11.7. The molecule has 0 aliphatic carbocycles. The Labute approximate surface area is 108 Å². The van der Waals surface area contributed by atoms with E-state index in [0.29, 0.717) is 5.56 Å². The number of hydrogen-bond acceptors (Lipinski definition) is 3. The van der Waals surface area contributed by atoms with Gasteiger partial charge in [-0.15, -0.1) is 0 Å². The summed E-state index contributed by atoms with van der Waals surface area (Å²) in [7, 11) is 0. The van der Waals surface area contributed by atoms with Crippen molar-refractivity contribution in [2.75, 3.05) is 0 Å². The van der Waals surface area contributed by atoms with Crippen LogP contribution in [0.2, 0.25) is 0 Å². The van der Waals surface area contributed by atoms with Crippen molar-refractivity contribution in [2.24, 2.45) is 0 Å². The molecule has 0 aliphatic heterocycles. The van der Waals surface area contributed by atoms with E-state index in [-0.39, 0.29) is 28.7 Å². The van der Waals surface area contributed by atoms with Crippen LogP contribution in [0.5, 0.6) is 0 Å². The van der Waals surface area contributed by atoms with E-state index in [9.17, 15) is 10.1 Å². The lowest BCUT2D eigenvalue weighted by Crippen LogP contribution is -2.12. The van der Waals surface area contributed by atoms with Crippen molar-refractivity contribution in [3.8, 4) is 0 Å². The fourth-order valence-electron chi connectivity index (χ4n) is 1.58. The normalized spacial score (nSPS) is 11.9. The summed E-state index contributed by atoms with van der Waals surface area (Å²) in [6, 6.07) is 5.38. The van der Waals surface area contributed by atoms with Crippen molar-refractivity contribution >= 4 is 5.69 Å². The molecule has 0 aliphatic rings. The van der Waals surface area contributed by atoms with Gasteiger partial charge in [0.2, 0.25) is 0 Å². The van der Waals surface area contributed by atoms with E-state index in [2.05, 4.69) is 0 Å². The Morgan fingerprint density at radius 3 is 2.39 bits per heavy atom. The third-order valence-corrected chi connectivity index (χ3v) is 2.72. The first-order valence-corrected chi connectivity index (χ1v) is 6.11. The minimum absolute atomic E-state index is 0.0619. The average molecular weight is 251 g/mol. The van der Waals surface area contributed by atoms with Crippen molar-refractivity contribution < 1.29 is 9.66 Å². The summed E-state index contributed by atoms with van der Waals surface area (Å²) in [5, 5.41) is 11.1. The Hall–Kier alpha value is -1.42. The van der Waals surface area contributed by atoms with Gasteiger partial charge in [-0.3, -0.25) is 10.1 Å². The van der Waals surface area contributed by atoms with Gasteiger partial charge in [-0.2, -0.15) is 0 Å². The second-order valence-electron chi connectivity index (χ2n) is 5.71. The van der Waals surface area contributed by atoms with Crippen LogP contribution in [0.4, 0.5) is 5.69 Å². The van der Waals surface area contributed by atoms with E-state index in [1.165, 1.54) is 0 Å². The Bertz CT molecular complexity index is 433. The van der Waals surface area contributed by atoms with Crippen LogP contribution in [0.3, 0.4) is 0 Å². The zero-order chi connectivity index (χ0) is 13.9. The molecule has 4 heteroatoms. The van der Waals surface area contributed by atoms with Gasteiger partial charge in [0.15, 0.2) is 0 Å². The molecule has 18 heavy (non-hydrogen) atoms. The summed E-state index contributed by atoms with van der Waals surface area (Å²) >= 11 is 0. The minimum atomic E-state index is -0.339. The molecule has 0 saturated heterocycles. The van der Waals surface area contributed by atoms with E-state index >= 15 is 0 Å². The van der Waals surface area contributed by atoms with Gasteiger partial charge in [-0.1, -0.05) is 26.8 Å². The lowest BCUT2D eigenvalue weighted by molar-refractivity contribution is -0.386. The smallest absolute Gasteiger partial charge is 0.275 e. The van der Waals surface area contributed by atoms with Gasteiger partial charge >= 0.3 is 0 Å². The van der Waals surface area contributed by atoms with Crippen molar-refractivity contribution in [2.45, 2.75) is 52.7 Å². The standard InChI is InChI=1S/C14H21NO3/c1-10(2)18-9-11-6-7-12(14(3,4)5)8-13(11)15(16)17/h6-8,10H,9H2,1-5H3. The van der Waals surface area contributed by atoms with Gasteiger partial charge in [0.25, 0.3) is 5.69 Å². The third kappa shape index (κ3) is 3.81. The second-order valence-corrected chi connectivity index (χ2v) is 5.71. The summed E-state index contributed by atoms with van der Waals surface area (Å²) in [6.07, 6.45) is 0.0619. The first-order chi connectivity index (χ1) is 8.21. The minimum Gasteiger partial charge on any atom is -0.374 e. The molecule has 0 bridgehead atoms. The molecule has 0 fully saturated rings. The van der Waals surface area contributed by atoms with Crippen molar-refractivity contribution in [3.05, 3.63) is 39.4 Å². The number of nitro groups is 1. The second kappa shape index (κ2) is 5.48. The van der Waals surface area contributed by atoms with E-state index in [1.807, 2.05) is 40.7 Å². The van der Waals surface area contributed by atoms with E-state index in [1.54, 1.807) is 12.1 Å². The first kappa shape index (κ1) is 14.6. The van der Waals surface area contributed by atoms with Crippen LogP contribution in [0.1, 0.15) is 45.7 Å². The van der Waals surface area contributed by atoms with E-state index < -0.39 is 0 Å². The van der Waals surface area contributed by atoms with Crippen molar-refractivity contribution in [3.63, 3.8) is 0 Å². The highest BCUT2D eigenvalue weighted by Gasteiger charge is 2.20. The van der Waals surface area contributed by atoms with Crippen LogP contribution in [-0.4, -0.2) is 11.0 Å². The molecule has 0 spiro atoms. The van der Waals surface area contributed by atoms with Crippen molar-refractivity contribution in [1.82, 2.24) is 0 Å². The number of ether oxygens (including phenoxy) is 1. The first-order valence-electron chi connectivity index (χ1n) is 6.11. The molecule has 0 N–H and O–H groups in total. The quantitative estimate of drug-likeness (QED) is 0.604. The molecule has 1 aromatic rings. The zero-order valence-electron chi connectivity index (χ0n) is 11.7. The summed E-state index contributed by atoms with van der Waals surface area (Å²) in [4.78, 5) is 10.8. The SMILES string of the molecule is CC(C)OCc1ccc(C(C)(C)C)cc1[N+](=O)[O-]. The lowest BCUT2D eigenvalue weighted by atomic mass is 9.86. The fraction of sp³-hybridized carbons (Fsp3) is 0.571. The highest BCUT2D eigenvalue weighted by Crippen LogP contribution is 2.29.